The van der Waals surface area contributed by atoms with Gasteiger partial charge in [0.15, 0.2) is 0 Å². The van der Waals surface area contributed by atoms with Gasteiger partial charge in [-0.15, -0.1) is 0 Å². The van der Waals surface area contributed by atoms with Gasteiger partial charge in [-0.05, 0) is 41.0 Å². The van der Waals surface area contributed by atoms with Crippen molar-refractivity contribution in [3.05, 3.63) is 102 Å². The van der Waals surface area contributed by atoms with Gasteiger partial charge in [0.05, 0.1) is 23.0 Å². The second-order valence-corrected chi connectivity index (χ2v) is 9.45. The van der Waals surface area contributed by atoms with E-state index in [1.807, 2.05) is 6.07 Å². The number of hydrogen-bond acceptors (Lipinski definition) is 6. The van der Waals surface area contributed by atoms with E-state index in [1.54, 1.807) is 42.5 Å². The van der Waals surface area contributed by atoms with Crippen LogP contribution < -0.4 is 10.5 Å². The van der Waals surface area contributed by atoms with Crippen molar-refractivity contribution < 1.29 is 17.9 Å². The number of rotatable bonds is 5. The van der Waals surface area contributed by atoms with Crippen LogP contribution in [0.3, 0.4) is 0 Å². The lowest BCUT2D eigenvalue weighted by Crippen LogP contribution is -2.29. The van der Waals surface area contributed by atoms with Gasteiger partial charge in [0.1, 0.15) is 23.4 Å². The van der Waals surface area contributed by atoms with Crippen molar-refractivity contribution >= 4 is 21.9 Å². The molecule has 4 N–H and O–H groups in total. The molecule has 0 aliphatic heterocycles. The highest BCUT2D eigenvalue weighted by Gasteiger charge is 2.31. The third-order valence-corrected chi connectivity index (χ3v) is 7.06. The van der Waals surface area contributed by atoms with E-state index >= 15 is 0 Å². The van der Waals surface area contributed by atoms with Gasteiger partial charge in [0, 0.05) is 11.1 Å². The summed E-state index contributed by atoms with van der Waals surface area (Å²) in [6, 6.07) is 16.9. The molecule has 0 bridgehead atoms. The highest BCUT2D eigenvalue weighted by molar-refractivity contribution is 7.89. The van der Waals surface area contributed by atoms with Gasteiger partial charge in [-0.1, -0.05) is 48.5 Å². The van der Waals surface area contributed by atoms with Gasteiger partial charge in [-0.3, -0.25) is 4.98 Å². The predicted molar refractivity (Wildman–Crippen MR) is 127 cm³/mol. The van der Waals surface area contributed by atoms with E-state index in [-0.39, 0.29) is 22.0 Å². The summed E-state index contributed by atoms with van der Waals surface area (Å²) in [6.45, 7) is 0. The Morgan fingerprint density at radius 1 is 0.941 bits per heavy atom. The van der Waals surface area contributed by atoms with Gasteiger partial charge in [-0.25, -0.2) is 17.8 Å². The van der Waals surface area contributed by atoms with Crippen molar-refractivity contribution in [3.8, 4) is 22.4 Å². The summed E-state index contributed by atoms with van der Waals surface area (Å²) in [5.74, 6) is -0.456. The molecule has 0 saturated heterocycles. The number of halogens is 1. The number of aliphatic hydroxyl groups is 1. The van der Waals surface area contributed by atoms with E-state index in [0.717, 1.165) is 5.56 Å². The third-order valence-electron chi connectivity index (χ3n) is 5.58. The molecule has 0 amide bonds. The topological polar surface area (TPSA) is 118 Å². The second-order valence-electron chi connectivity index (χ2n) is 7.77. The molecule has 1 aliphatic rings. The Morgan fingerprint density at radius 2 is 1.71 bits per heavy atom. The minimum atomic E-state index is -4.09. The first-order chi connectivity index (χ1) is 16.3. The molecule has 0 spiro atoms. The van der Waals surface area contributed by atoms with Crippen molar-refractivity contribution in [1.29, 1.82) is 0 Å². The van der Waals surface area contributed by atoms with Crippen LogP contribution in [0.1, 0.15) is 17.2 Å². The predicted octanol–water partition coefficient (Wildman–Crippen LogP) is 4.46. The van der Waals surface area contributed by atoms with E-state index in [4.69, 9.17) is 5.73 Å². The van der Waals surface area contributed by atoms with Crippen LogP contribution >= 0.6 is 0 Å². The first-order valence-electron chi connectivity index (χ1n) is 10.3. The molecule has 4 aromatic rings. The van der Waals surface area contributed by atoms with Gasteiger partial charge >= 0.3 is 0 Å². The molecule has 1 aliphatic carbocycles. The van der Waals surface area contributed by atoms with E-state index in [2.05, 4.69) is 14.7 Å². The molecule has 170 valence electrons. The summed E-state index contributed by atoms with van der Waals surface area (Å²) in [6.07, 6.45) is 4.24. The summed E-state index contributed by atoms with van der Waals surface area (Å²) in [4.78, 5) is 7.98. The minimum Gasteiger partial charge on any atom is -0.510 e. The Kier molecular flexibility index (Phi) is 5.35. The molecule has 5 rings (SSSR count). The summed E-state index contributed by atoms with van der Waals surface area (Å²) in [5.41, 5.74) is 8.15. The zero-order valence-electron chi connectivity index (χ0n) is 17.7. The molecule has 1 heterocycles. The summed E-state index contributed by atoms with van der Waals surface area (Å²) >= 11 is 0. The first-order valence-corrected chi connectivity index (χ1v) is 11.8. The number of aliphatic hydroxyl groups excluding tert-OH is 1. The highest BCUT2D eigenvalue weighted by Crippen LogP contribution is 2.36. The average molecular weight is 475 g/mol. The maximum atomic E-state index is 15.0. The first kappa shape index (κ1) is 21.7. The molecule has 3 aromatic carbocycles. The number of nitrogens with two attached hydrogens (primary N) is 1. The third kappa shape index (κ3) is 3.91. The lowest BCUT2D eigenvalue weighted by Gasteiger charge is -2.18. The Labute approximate surface area is 195 Å². The van der Waals surface area contributed by atoms with E-state index < -0.39 is 21.9 Å². The Balaban J connectivity index is 1.51. The van der Waals surface area contributed by atoms with E-state index in [9.17, 15) is 17.9 Å². The largest absolute Gasteiger partial charge is 0.510 e. The average Bonchev–Trinajstić information content (AvgIpc) is 3.14. The molecule has 1 atom stereocenters. The fraction of sp³-hybridized carbons (Fsp3) is 0.0400. The van der Waals surface area contributed by atoms with Crippen LogP contribution in [-0.4, -0.2) is 23.5 Å². The van der Waals surface area contributed by atoms with Gasteiger partial charge in [0.25, 0.3) is 0 Å². The lowest BCUT2D eigenvalue weighted by molar-refractivity contribution is 0.369. The molecular formula is C25H19FN4O3S. The van der Waals surface area contributed by atoms with Crippen LogP contribution in [0.4, 0.5) is 10.2 Å². The van der Waals surface area contributed by atoms with Crippen LogP contribution in [0.2, 0.25) is 0 Å². The number of aromatic nitrogens is 2. The number of nitrogens with zero attached hydrogens (tertiary/aromatic N) is 2. The van der Waals surface area contributed by atoms with Crippen molar-refractivity contribution in [1.82, 2.24) is 14.7 Å². The number of fused-ring (bicyclic) bond motifs is 1. The minimum absolute atomic E-state index is 0.0355. The van der Waals surface area contributed by atoms with Gasteiger partial charge in [0.2, 0.25) is 10.0 Å². The molecule has 9 heteroatoms. The van der Waals surface area contributed by atoms with Crippen molar-refractivity contribution in [3.63, 3.8) is 0 Å². The summed E-state index contributed by atoms with van der Waals surface area (Å²) in [5, 5.41) is 10.4. The molecule has 0 unspecified atom stereocenters. The Bertz CT molecular complexity index is 1540. The molecule has 1 aromatic heterocycles. The smallest absolute Gasteiger partial charge is 0.242 e. The van der Waals surface area contributed by atoms with Crippen molar-refractivity contribution in [2.45, 2.75) is 10.9 Å². The van der Waals surface area contributed by atoms with E-state index in [0.29, 0.717) is 22.4 Å². The fourth-order valence-electron chi connectivity index (χ4n) is 3.96. The van der Waals surface area contributed by atoms with Gasteiger partial charge < -0.3 is 10.8 Å². The number of nitrogens with one attached hydrogen (secondary N) is 1. The molecular weight excluding hydrogens is 455 g/mol. The maximum Gasteiger partial charge on any atom is 0.242 e. The van der Waals surface area contributed by atoms with E-state index in [1.165, 1.54) is 36.7 Å². The van der Waals surface area contributed by atoms with Crippen LogP contribution in [-0.2, 0) is 10.0 Å². The zero-order valence-corrected chi connectivity index (χ0v) is 18.5. The number of nitrogen functional groups attached to an aromatic ring is 1. The van der Waals surface area contributed by atoms with Crippen LogP contribution in [0.15, 0.2) is 89.8 Å². The highest BCUT2D eigenvalue weighted by atomic mass is 32.2. The Hall–Kier alpha value is -4.08. The monoisotopic (exact) mass is 474 g/mol. The van der Waals surface area contributed by atoms with Crippen LogP contribution in [0.25, 0.3) is 28.5 Å². The lowest BCUT2D eigenvalue weighted by atomic mass is 10.0. The van der Waals surface area contributed by atoms with Crippen molar-refractivity contribution in [2.75, 3.05) is 5.73 Å². The quantitative estimate of drug-likeness (QED) is 0.393. The van der Waals surface area contributed by atoms with Gasteiger partial charge in [-0.2, -0.15) is 4.72 Å². The summed E-state index contributed by atoms with van der Waals surface area (Å²) in [7, 11) is -4.09. The molecule has 7 nitrogen and oxygen atoms in total. The molecule has 0 saturated carbocycles. The summed E-state index contributed by atoms with van der Waals surface area (Å²) < 4.78 is 44.3. The van der Waals surface area contributed by atoms with Crippen molar-refractivity contribution in [2.24, 2.45) is 0 Å². The maximum absolute atomic E-state index is 15.0. The number of anilines is 1. The fourth-order valence-corrected chi connectivity index (χ4v) is 5.37. The normalized spacial score (nSPS) is 15.1. The SMILES string of the molecule is Nc1cnc(-c2ccc(-c3ccccc3S(=O)(=O)N[C@@H]3C(O)=Cc4ccccc43)cc2F)cn1. The Morgan fingerprint density at radius 3 is 2.47 bits per heavy atom. The number of hydrogen-bond donors (Lipinski definition) is 3. The van der Waals surface area contributed by atoms with Crippen LogP contribution in [0.5, 0.6) is 0 Å². The molecule has 0 fully saturated rings. The van der Waals surface area contributed by atoms with Crippen LogP contribution in [0, 0.1) is 5.82 Å². The zero-order chi connectivity index (χ0) is 23.9. The second kappa shape index (κ2) is 8.36. The standard InChI is InChI=1S/C25H19FN4O3S/c26-20-11-16(9-10-19(20)21-13-29-24(27)14-28-21)17-6-3-4-8-23(17)34(32,33)30-25-18-7-2-1-5-15(18)12-22(25)31/h1-14,25,30-31H,(H2,27,29)/t25-/m0/s1. The number of sulfonamides is 1. The number of benzene rings is 3. The molecule has 0 radical (unpaired) electrons. The molecule has 34 heavy (non-hydrogen) atoms.